The Morgan fingerprint density at radius 1 is 1.50 bits per heavy atom. The zero-order valence-electron chi connectivity index (χ0n) is 11.8. The summed E-state index contributed by atoms with van der Waals surface area (Å²) in [4.78, 5) is 18.3. The van der Waals surface area contributed by atoms with Crippen LogP contribution in [0.5, 0.6) is 0 Å². The molecular formula is C15H21N3O2. The second kappa shape index (κ2) is 5.89. The van der Waals surface area contributed by atoms with Gasteiger partial charge >= 0.3 is 5.97 Å². The largest absolute Gasteiger partial charge is 0.464 e. The number of nitrogens with one attached hydrogen (secondary N) is 1. The van der Waals surface area contributed by atoms with Gasteiger partial charge in [0.05, 0.1) is 12.8 Å². The number of methoxy groups -OCH3 is 1. The molecule has 0 spiro atoms. The fourth-order valence-electron chi connectivity index (χ4n) is 3.28. The van der Waals surface area contributed by atoms with Crippen molar-refractivity contribution >= 4 is 5.97 Å². The topological polar surface area (TPSA) is 54.5 Å². The van der Waals surface area contributed by atoms with Crippen LogP contribution in [-0.2, 0) is 11.3 Å². The smallest absolute Gasteiger partial charge is 0.356 e. The van der Waals surface area contributed by atoms with Crippen molar-refractivity contribution < 1.29 is 9.53 Å². The Balaban J connectivity index is 1.65. The number of hydrogen-bond donors (Lipinski definition) is 1. The van der Waals surface area contributed by atoms with E-state index in [1.165, 1.54) is 20.0 Å². The molecule has 1 aromatic rings. The van der Waals surface area contributed by atoms with Crippen LogP contribution in [0.4, 0.5) is 0 Å². The van der Waals surface area contributed by atoms with Crippen LogP contribution in [0.25, 0.3) is 0 Å². The average molecular weight is 275 g/mol. The molecule has 5 heteroatoms. The van der Waals surface area contributed by atoms with E-state index in [4.69, 9.17) is 4.74 Å². The zero-order valence-corrected chi connectivity index (χ0v) is 11.8. The van der Waals surface area contributed by atoms with Gasteiger partial charge in [-0.1, -0.05) is 6.07 Å². The number of esters is 1. The number of pyridine rings is 1. The molecule has 1 aromatic heterocycles. The molecule has 108 valence electrons. The standard InChI is InChI=1S/C15H21N3O2/c1-20-15(19)13-6-2-5-12(17-13)9-18-8-11-4-3-7-16-14(11)10-18/h2,5-6,11,14,16H,3-4,7-10H2,1H3/t11-,14+/m0/s1. The van der Waals surface area contributed by atoms with Gasteiger partial charge in [-0.15, -0.1) is 0 Å². The highest BCUT2D eigenvalue weighted by atomic mass is 16.5. The van der Waals surface area contributed by atoms with Crippen molar-refractivity contribution in [2.24, 2.45) is 5.92 Å². The molecule has 0 bridgehead atoms. The lowest BCUT2D eigenvalue weighted by molar-refractivity contribution is 0.0593. The second-order valence-electron chi connectivity index (χ2n) is 5.66. The molecule has 0 amide bonds. The Kier molecular flexibility index (Phi) is 3.98. The van der Waals surface area contributed by atoms with Crippen molar-refractivity contribution in [1.82, 2.24) is 15.2 Å². The fraction of sp³-hybridized carbons (Fsp3) is 0.600. The van der Waals surface area contributed by atoms with Crippen LogP contribution in [0, 0.1) is 5.92 Å². The number of carbonyl (C=O) groups is 1. The van der Waals surface area contributed by atoms with Crippen molar-refractivity contribution in [2.75, 3.05) is 26.7 Å². The molecule has 2 fully saturated rings. The molecule has 0 saturated carbocycles. The average Bonchev–Trinajstić information content (AvgIpc) is 2.88. The third kappa shape index (κ3) is 2.83. The number of piperidine rings is 1. The number of nitrogens with zero attached hydrogens (tertiary/aromatic N) is 2. The van der Waals surface area contributed by atoms with Gasteiger partial charge in [-0.3, -0.25) is 4.90 Å². The molecule has 1 N–H and O–H groups in total. The van der Waals surface area contributed by atoms with Crippen LogP contribution in [0.15, 0.2) is 18.2 Å². The van der Waals surface area contributed by atoms with Gasteiger partial charge in [0.15, 0.2) is 0 Å². The molecule has 5 nitrogen and oxygen atoms in total. The van der Waals surface area contributed by atoms with Crippen molar-refractivity contribution in [1.29, 1.82) is 0 Å². The van der Waals surface area contributed by atoms with Gasteiger partial charge in [-0.05, 0) is 37.4 Å². The molecule has 0 unspecified atom stereocenters. The first-order valence-electron chi connectivity index (χ1n) is 7.26. The van der Waals surface area contributed by atoms with Crippen molar-refractivity contribution in [3.63, 3.8) is 0 Å². The quantitative estimate of drug-likeness (QED) is 0.836. The summed E-state index contributed by atoms with van der Waals surface area (Å²) in [5, 5.41) is 3.60. The summed E-state index contributed by atoms with van der Waals surface area (Å²) in [6.45, 7) is 4.15. The molecule has 2 aliphatic rings. The third-order valence-electron chi connectivity index (χ3n) is 4.26. The number of ether oxygens (including phenoxy) is 1. The monoisotopic (exact) mass is 275 g/mol. The van der Waals surface area contributed by atoms with E-state index in [0.29, 0.717) is 11.7 Å². The number of carbonyl (C=O) groups excluding carboxylic acids is 1. The van der Waals surface area contributed by atoms with E-state index in [1.807, 2.05) is 12.1 Å². The van der Waals surface area contributed by atoms with E-state index in [0.717, 1.165) is 37.8 Å². The van der Waals surface area contributed by atoms with Crippen LogP contribution in [-0.4, -0.2) is 48.6 Å². The predicted octanol–water partition coefficient (Wildman–Crippen LogP) is 1.05. The minimum atomic E-state index is -0.372. The summed E-state index contributed by atoms with van der Waals surface area (Å²) in [5.41, 5.74) is 1.33. The Morgan fingerprint density at radius 3 is 3.20 bits per heavy atom. The zero-order chi connectivity index (χ0) is 13.9. The second-order valence-corrected chi connectivity index (χ2v) is 5.66. The van der Waals surface area contributed by atoms with Crippen molar-refractivity contribution in [3.8, 4) is 0 Å². The van der Waals surface area contributed by atoms with Crippen molar-refractivity contribution in [2.45, 2.75) is 25.4 Å². The maximum Gasteiger partial charge on any atom is 0.356 e. The Bertz CT molecular complexity index is 478. The molecular weight excluding hydrogens is 254 g/mol. The molecule has 0 radical (unpaired) electrons. The lowest BCUT2D eigenvalue weighted by Crippen LogP contribution is -2.40. The number of fused-ring (bicyclic) bond motifs is 1. The molecule has 3 rings (SSSR count). The van der Waals surface area contributed by atoms with Gasteiger partial charge in [0, 0.05) is 25.7 Å². The SMILES string of the molecule is COC(=O)c1cccc(CN2C[C@@H]3CCCN[C@@H]3C2)n1. The van der Waals surface area contributed by atoms with Gasteiger partial charge in [0.1, 0.15) is 5.69 Å². The molecule has 0 aliphatic carbocycles. The Morgan fingerprint density at radius 2 is 2.40 bits per heavy atom. The highest BCUT2D eigenvalue weighted by Crippen LogP contribution is 2.25. The number of likely N-dealkylation sites (tertiary alicyclic amines) is 1. The summed E-state index contributed by atoms with van der Waals surface area (Å²) in [6.07, 6.45) is 2.61. The minimum Gasteiger partial charge on any atom is -0.464 e. The lowest BCUT2D eigenvalue weighted by atomic mass is 9.94. The van der Waals surface area contributed by atoms with Gasteiger partial charge < -0.3 is 10.1 Å². The van der Waals surface area contributed by atoms with Gasteiger partial charge in [-0.25, -0.2) is 9.78 Å². The molecule has 2 aliphatic heterocycles. The number of rotatable bonds is 3. The highest BCUT2D eigenvalue weighted by Gasteiger charge is 2.34. The molecule has 0 aromatic carbocycles. The maximum atomic E-state index is 11.5. The van der Waals surface area contributed by atoms with E-state index < -0.39 is 0 Å². The van der Waals surface area contributed by atoms with Crippen molar-refractivity contribution in [3.05, 3.63) is 29.6 Å². The minimum absolute atomic E-state index is 0.372. The number of hydrogen-bond acceptors (Lipinski definition) is 5. The van der Waals surface area contributed by atoms with Gasteiger partial charge in [-0.2, -0.15) is 0 Å². The van der Waals surface area contributed by atoms with Crippen LogP contribution >= 0.6 is 0 Å². The summed E-state index contributed by atoms with van der Waals surface area (Å²) < 4.78 is 4.71. The van der Waals surface area contributed by atoms with Crippen LogP contribution in [0.3, 0.4) is 0 Å². The first-order valence-corrected chi connectivity index (χ1v) is 7.26. The summed E-state index contributed by atoms with van der Waals surface area (Å²) in [7, 11) is 1.38. The molecule has 20 heavy (non-hydrogen) atoms. The predicted molar refractivity (Wildman–Crippen MR) is 75.4 cm³/mol. The van der Waals surface area contributed by atoms with Gasteiger partial charge in [0.2, 0.25) is 0 Å². The highest BCUT2D eigenvalue weighted by molar-refractivity contribution is 5.87. The van der Waals surface area contributed by atoms with E-state index in [1.54, 1.807) is 6.07 Å². The maximum absolute atomic E-state index is 11.5. The van der Waals surface area contributed by atoms with E-state index in [-0.39, 0.29) is 5.97 Å². The molecule has 3 heterocycles. The Hall–Kier alpha value is -1.46. The normalized spacial score (nSPS) is 26.2. The van der Waals surface area contributed by atoms with Crippen LogP contribution in [0.1, 0.15) is 29.0 Å². The van der Waals surface area contributed by atoms with E-state index >= 15 is 0 Å². The molecule has 2 saturated heterocycles. The Labute approximate surface area is 119 Å². The summed E-state index contributed by atoms with van der Waals surface area (Å²) in [6, 6.07) is 6.17. The first-order chi connectivity index (χ1) is 9.76. The fourth-order valence-corrected chi connectivity index (χ4v) is 3.28. The number of aromatic nitrogens is 1. The van der Waals surface area contributed by atoms with E-state index in [2.05, 4.69) is 15.2 Å². The third-order valence-corrected chi connectivity index (χ3v) is 4.26. The summed E-state index contributed by atoms with van der Waals surface area (Å²) >= 11 is 0. The lowest BCUT2D eigenvalue weighted by Gasteiger charge is -2.24. The van der Waals surface area contributed by atoms with Crippen LogP contribution in [0.2, 0.25) is 0 Å². The van der Waals surface area contributed by atoms with Gasteiger partial charge in [0.25, 0.3) is 0 Å². The summed E-state index contributed by atoms with van der Waals surface area (Å²) in [5.74, 6) is 0.399. The molecule has 2 atom stereocenters. The van der Waals surface area contributed by atoms with E-state index in [9.17, 15) is 4.79 Å². The van der Waals surface area contributed by atoms with Crippen LogP contribution < -0.4 is 5.32 Å². The first kappa shape index (κ1) is 13.5.